The molecular weight excluding hydrogens is 228 g/mol. The molecule has 5 heteroatoms. The lowest BCUT2D eigenvalue weighted by molar-refractivity contribution is 0.0204. The Bertz CT molecular complexity index is 378. The van der Waals surface area contributed by atoms with Crippen molar-refractivity contribution >= 4 is 17.6 Å². The maximum atomic E-state index is 11.7. The van der Waals surface area contributed by atoms with Crippen molar-refractivity contribution < 1.29 is 9.53 Å². The minimum absolute atomic E-state index is 0.0297. The largest absolute Gasteiger partial charge is 0.458 e. The van der Waals surface area contributed by atoms with Gasteiger partial charge >= 0.3 is 5.97 Å². The summed E-state index contributed by atoms with van der Waals surface area (Å²) in [5.74, 6) is -0.429. The van der Waals surface area contributed by atoms with Gasteiger partial charge in [-0.15, -0.1) is 0 Å². The first kappa shape index (κ1) is 11.3. The Morgan fingerprint density at radius 1 is 1.31 bits per heavy atom. The number of carbonyl (C=O) groups is 1. The van der Waals surface area contributed by atoms with E-state index in [1.54, 1.807) is 0 Å². The van der Waals surface area contributed by atoms with Crippen molar-refractivity contribution in [3.63, 3.8) is 0 Å². The van der Waals surface area contributed by atoms with Crippen molar-refractivity contribution in [3.05, 3.63) is 23.2 Å². The molecule has 0 bridgehead atoms. The van der Waals surface area contributed by atoms with E-state index in [2.05, 4.69) is 9.97 Å². The fourth-order valence-electron chi connectivity index (χ4n) is 1.84. The van der Waals surface area contributed by atoms with Crippen LogP contribution in [0.2, 0.25) is 5.15 Å². The van der Waals surface area contributed by atoms with Crippen LogP contribution in [0.1, 0.15) is 42.6 Å². The SMILES string of the molecule is O=C(OC1CCCCC1)c1cncc(Cl)n1. The van der Waals surface area contributed by atoms with Crippen LogP contribution in [0.15, 0.2) is 12.4 Å². The second kappa shape index (κ2) is 5.25. The van der Waals surface area contributed by atoms with Crippen LogP contribution in [0, 0.1) is 0 Å². The quantitative estimate of drug-likeness (QED) is 0.746. The number of ether oxygens (including phenoxy) is 1. The second-order valence-corrected chi connectivity index (χ2v) is 4.28. The third-order valence-corrected chi connectivity index (χ3v) is 2.82. The highest BCUT2D eigenvalue weighted by Gasteiger charge is 2.19. The Morgan fingerprint density at radius 2 is 2.06 bits per heavy atom. The molecule has 0 N–H and O–H groups in total. The summed E-state index contributed by atoms with van der Waals surface area (Å²) < 4.78 is 5.33. The highest BCUT2D eigenvalue weighted by atomic mass is 35.5. The minimum atomic E-state index is -0.429. The molecule has 1 heterocycles. The lowest BCUT2D eigenvalue weighted by Crippen LogP contribution is -2.21. The van der Waals surface area contributed by atoms with Crippen molar-refractivity contribution in [2.24, 2.45) is 0 Å². The van der Waals surface area contributed by atoms with Gasteiger partial charge in [0.05, 0.1) is 12.4 Å². The zero-order valence-electron chi connectivity index (χ0n) is 8.86. The summed E-state index contributed by atoms with van der Waals surface area (Å²) in [4.78, 5) is 19.4. The smallest absolute Gasteiger partial charge is 0.358 e. The molecule has 1 aliphatic carbocycles. The molecule has 0 spiro atoms. The summed E-state index contributed by atoms with van der Waals surface area (Å²) in [7, 11) is 0. The lowest BCUT2D eigenvalue weighted by Gasteiger charge is -2.21. The van der Waals surface area contributed by atoms with Crippen LogP contribution in [0.3, 0.4) is 0 Å². The van der Waals surface area contributed by atoms with Gasteiger partial charge < -0.3 is 4.74 Å². The Morgan fingerprint density at radius 3 is 2.75 bits per heavy atom. The molecule has 2 rings (SSSR count). The normalized spacial score (nSPS) is 17.1. The molecule has 0 aromatic carbocycles. The summed E-state index contributed by atoms with van der Waals surface area (Å²) in [6, 6.07) is 0. The molecule has 0 amide bonds. The summed E-state index contributed by atoms with van der Waals surface area (Å²) in [6.07, 6.45) is 8.15. The monoisotopic (exact) mass is 240 g/mol. The number of hydrogen-bond donors (Lipinski definition) is 0. The molecule has 86 valence electrons. The first-order valence-electron chi connectivity index (χ1n) is 5.44. The Hall–Kier alpha value is -1.16. The molecule has 1 fully saturated rings. The predicted octanol–water partition coefficient (Wildman–Crippen LogP) is 2.62. The number of halogens is 1. The maximum absolute atomic E-state index is 11.7. The second-order valence-electron chi connectivity index (χ2n) is 3.89. The van der Waals surface area contributed by atoms with E-state index in [-0.39, 0.29) is 17.0 Å². The highest BCUT2D eigenvalue weighted by molar-refractivity contribution is 6.29. The van der Waals surface area contributed by atoms with Gasteiger partial charge in [-0.2, -0.15) is 0 Å². The first-order valence-corrected chi connectivity index (χ1v) is 5.82. The maximum Gasteiger partial charge on any atom is 0.358 e. The third kappa shape index (κ3) is 2.92. The summed E-state index contributed by atoms with van der Waals surface area (Å²) in [5, 5.41) is 0.207. The van der Waals surface area contributed by atoms with E-state index >= 15 is 0 Å². The van der Waals surface area contributed by atoms with Crippen molar-refractivity contribution in [2.45, 2.75) is 38.2 Å². The summed E-state index contributed by atoms with van der Waals surface area (Å²) in [5.41, 5.74) is 0.179. The minimum Gasteiger partial charge on any atom is -0.458 e. The molecule has 0 aliphatic heterocycles. The molecule has 0 saturated heterocycles. The average Bonchev–Trinajstić information content (AvgIpc) is 2.30. The molecule has 0 radical (unpaired) electrons. The predicted molar refractivity (Wildman–Crippen MR) is 59.3 cm³/mol. The summed E-state index contributed by atoms with van der Waals surface area (Å²) in [6.45, 7) is 0. The third-order valence-electron chi connectivity index (χ3n) is 2.64. The van der Waals surface area contributed by atoms with Gasteiger partial charge in [-0.05, 0) is 25.7 Å². The van der Waals surface area contributed by atoms with Gasteiger partial charge in [0.15, 0.2) is 5.69 Å². The van der Waals surface area contributed by atoms with E-state index in [0.29, 0.717) is 0 Å². The van der Waals surface area contributed by atoms with Gasteiger partial charge in [0.25, 0.3) is 0 Å². The molecule has 16 heavy (non-hydrogen) atoms. The molecule has 0 atom stereocenters. The topological polar surface area (TPSA) is 52.1 Å². The van der Waals surface area contributed by atoms with Gasteiger partial charge in [-0.1, -0.05) is 18.0 Å². The van der Waals surface area contributed by atoms with E-state index in [1.165, 1.54) is 18.8 Å². The fraction of sp³-hybridized carbons (Fsp3) is 0.545. The van der Waals surface area contributed by atoms with E-state index < -0.39 is 5.97 Å². The molecule has 1 aromatic heterocycles. The van der Waals surface area contributed by atoms with Gasteiger partial charge in [-0.25, -0.2) is 9.78 Å². The number of nitrogens with zero attached hydrogens (tertiary/aromatic N) is 2. The fourth-order valence-corrected chi connectivity index (χ4v) is 1.98. The average molecular weight is 241 g/mol. The van der Waals surface area contributed by atoms with Crippen LogP contribution in [0.4, 0.5) is 0 Å². The lowest BCUT2D eigenvalue weighted by atomic mass is 9.98. The van der Waals surface area contributed by atoms with E-state index in [0.717, 1.165) is 25.7 Å². The molecular formula is C11H13ClN2O2. The zero-order chi connectivity index (χ0) is 11.4. The number of aromatic nitrogens is 2. The zero-order valence-corrected chi connectivity index (χ0v) is 9.61. The van der Waals surface area contributed by atoms with E-state index in [9.17, 15) is 4.79 Å². The number of rotatable bonds is 2. The van der Waals surface area contributed by atoms with Crippen LogP contribution in [-0.4, -0.2) is 22.0 Å². The van der Waals surface area contributed by atoms with Crippen LogP contribution in [-0.2, 0) is 4.74 Å². The van der Waals surface area contributed by atoms with Crippen LogP contribution < -0.4 is 0 Å². The number of hydrogen-bond acceptors (Lipinski definition) is 4. The first-order chi connectivity index (χ1) is 7.75. The van der Waals surface area contributed by atoms with Crippen molar-refractivity contribution in [3.8, 4) is 0 Å². The van der Waals surface area contributed by atoms with Gasteiger partial charge in [0.2, 0.25) is 0 Å². The molecule has 1 saturated carbocycles. The van der Waals surface area contributed by atoms with Crippen molar-refractivity contribution in [2.75, 3.05) is 0 Å². The molecule has 0 unspecified atom stereocenters. The van der Waals surface area contributed by atoms with Crippen LogP contribution in [0.5, 0.6) is 0 Å². The number of esters is 1. The highest BCUT2D eigenvalue weighted by Crippen LogP contribution is 2.21. The molecule has 4 nitrogen and oxygen atoms in total. The van der Waals surface area contributed by atoms with Crippen molar-refractivity contribution in [1.82, 2.24) is 9.97 Å². The Kier molecular flexibility index (Phi) is 3.72. The Labute approximate surface area is 99.0 Å². The number of carbonyl (C=O) groups excluding carboxylic acids is 1. The molecule has 1 aliphatic rings. The van der Waals surface area contributed by atoms with Crippen LogP contribution >= 0.6 is 11.6 Å². The van der Waals surface area contributed by atoms with Crippen molar-refractivity contribution in [1.29, 1.82) is 0 Å². The standard InChI is InChI=1S/C11H13ClN2O2/c12-10-7-13-6-9(14-10)11(15)16-8-4-2-1-3-5-8/h6-8H,1-5H2. The van der Waals surface area contributed by atoms with E-state index in [1.807, 2.05) is 0 Å². The van der Waals surface area contributed by atoms with Gasteiger partial charge in [0, 0.05) is 0 Å². The Balaban J connectivity index is 1.97. The van der Waals surface area contributed by atoms with Crippen LogP contribution in [0.25, 0.3) is 0 Å². The van der Waals surface area contributed by atoms with E-state index in [4.69, 9.17) is 16.3 Å². The van der Waals surface area contributed by atoms with Gasteiger partial charge in [0.1, 0.15) is 11.3 Å². The molecule has 1 aromatic rings. The summed E-state index contributed by atoms with van der Waals surface area (Å²) >= 11 is 5.65. The van der Waals surface area contributed by atoms with Gasteiger partial charge in [-0.3, -0.25) is 4.98 Å².